The molecule has 0 bridgehead atoms. The molecule has 11 heavy (non-hydrogen) atoms. The highest BCUT2D eigenvalue weighted by atomic mass is 35.5. The van der Waals surface area contributed by atoms with Crippen molar-refractivity contribution >= 4 is 12.4 Å². The van der Waals surface area contributed by atoms with Gasteiger partial charge >= 0.3 is 0 Å². The molecule has 0 saturated heterocycles. The summed E-state index contributed by atoms with van der Waals surface area (Å²) in [5, 5.41) is 8.25. The van der Waals surface area contributed by atoms with Crippen LogP contribution in [0.2, 0.25) is 0 Å². The number of nitrogens with zero attached hydrogens (tertiary/aromatic N) is 3. The summed E-state index contributed by atoms with van der Waals surface area (Å²) in [6.45, 7) is 5.20. The van der Waals surface area contributed by atoms with Crippen LogP contribution in [0.5, 0.6) is 0 Å². The maximum absolute atomic E-state index is 5.40. The minimum atomic E-state index is 0. The first kappa shape index (κ1) is 10.4. The average molecular weight is 177 g/mol. The van der Waals surface area contributed by atoms with Gasteiger partial charge in [-0.05, 0) is 13.8 Å². The summed E-state index contributed by atoms with van der Waals surface area (Å²) in [6, 6.07) is 0. The van der Waals surface area contributed by atoms with E-state index >= 15 is 0 Å². The monoisotopic (exact) mass is 176 g/mol. The number of halogens is 1. The predicted molar refractivity (Wildman–Crippen MR) is 45.6 cm³/mol. The van der Waals surface area contributed by atoms with Crippen LogP contribution in [-0.2, 0) is 13.1 Å². The topological polar surface area (TPSA) is 56.7 Å². The number of hydrogen-bond acceptors (Lipinski definition) is 3. The Kier molecular flexibility index (Phi) is 4.07. The van der Waals surface area contributed by atoms with E-state index in [4.69, 9.17) is 5.73 Å². The molecule has 0 aliphatic rings. The van der Waals surface area contributed by atoms with E-state index in [1.807, 2.05) is 13.8 Å². The van der Waals surface area contributed by atoms with Crippen molar-refractivity contribution in [3.05, 3.63) is 11.4 Å². The molecular weight excluding hydrogens is 164 g/mol. The minimum Gasteiger partial charge on any atom is -0.325 e. The largest absolute Gasteiger partial charge is 0.325 e. The summed E-state index contributed by atoms with van der Waals surface area (Å²) in [6.07, 6.45) is 0. The van der Waals surface area contributed by atoms with Crippen LogP contribution in [0.15, 0.2) is 0 Å². The zero-order valence-electron chi connectivity index (χ0n) is 6.74. The van der Waals surface area contributed by atoms with Crippen LogP contribution >= 0.6 is 12.4 Å². The molecule has 2 N–H and O–H groups in total. The van der Waals surface area contributed by atoms with E-state index in [0.29, 0.717) is 6.54 Å². The molecule has 0 fully saturated rings. The van der Waals surface area contributed by atoms with Gasteiger partial charge in [-0.25, -0.2) is 0 Å². The van der Waals surface area contributed by atoms with E-state index in [1.165, 1.54) is 0 Å². The molecule has 5 heteroatoms. The Morgan fingerprint density at radius 2 is 2.09 bits per heavy atom. The second-order valence-corrected chi connectivity index (χ2v) is 2.12. The third-order valence-electron chi connectivity index (χ3n) is 1.40. The molecule has 0 saturated carbocycles. The van der Waals surface area contributed by atoms with E-state index in [1.54, 1.807) is 4.80 Å². The van der Waals surface area contributed by atoms with Crippen LogP contribution in [0, 0.1) is 6.92 Å². The van der Waals surface area contributed by atoms with Crippen molar-refractivity contribution in [2.45, 2.75) is 26.9 Å². The lowest BCUT2D eigenvalue weighted by Crippen LogP contribution is -2.01. The molecule has 0 aliphatic heterocycles. The molecule has 0 radical (unpaired) electrons. The smallest absolute Gasteiger partial charge is 0.0991 e. The van der Waals surface area contributed by atoms with Crippen LogP contribution in [0.25, 0.3) is 0 Å². The molecule has 0 aliphatic carbocycles. The van der Waals surface area contributed by atoms with E-state index in [9.17, 15) is 0 Å². The van der Waals surface area contributed by atoms with Gasteiger partial charge in [0, 0.05) is 6.54 Å². The minimum absolute atomic E-state index is 0. The second-order valence-electron chi connectivity index (χ2n) is 2.12. The maximum atomic E-state index is 5.40. The van der Waals surface area contributed by atoms with Gasteiger partial charge in [0.2, 0.25) is 0 Å². The molecule has 0 aromatic carbocycles. The van der Waals surface area contributed by atoms with Gasteiger partial charge in [-0.3, -0.25) is 0 Å². The highest BCUT2D eigenvalue weighted by Crippen LogP contribution is 1.97. The molecule has 1 rings (SSSR count). The van der Waals surface area contributed by atoms with Crippen molar-refractivity contribution in [2.24, 2.45) is 5.73 Å². The maximum Gasteiger partial charge on any atom is 0.0991 e. The fourth-order valence-electron chi connectivity index (χ4n) is 0.795. The SMILES string of the molecule is CCn1nc(C)c(CN)n1.Cl. The Morgan fingerprint density at radius 1 is 1.45 bits per heavy atom. The Bertz CT molecular complexity index is 220. The van der Waals surface area contributed by atoms with Gasteiger partial charge in [0.25, 0.3) is 0 Å². The normalized spacial score (nSPS) is 9.36. The zero-order valence-corrected chi connectivity index (χ0v) is 7.56. The Labute approximate surface area is 72.2 Å². The Balaban J connectivity index is 0.000001000. The van der Waals surface area contributed by atoms with Crippen molar-refractivity contribution in [3.63, 3.8) is 0 Å². The second kappa shape index (κ2) is 4.31. The Hall–Kier alpha value is -0.610. The molecule has 64 valence electrons. The van der Waals surface area contributed by atoms with Crippen molar-refractivity contribution in [3.8, 4) is 0 Å². The van der Waals surface area contributed by atoms with Gasteiger partial charge in [-0.15, -0.1) is 12.4 Å². The third kappa shape index (κ3) is 2.17. The molecule has 4 nitrogen and oxygen atoms in total. The fourth-order valence-corrected chi connectivity index (χ4v) is 0.795. The van der Waals surface area contributed by atoms with E-state index in [-0.39, 0.29) is 12.4 Å². The first-order valence-corrected chi connectivity index (χ1v) is 3.38. The van der Waals surface area contributed by atoms with Gasteiger partial charge in [0.1, 0.15) is 0 Å². The molecular formula is C6H13ClN4. The summed E-state index contributed by atoms with van der Waals surface area (Å²) in [5.74, 6) is 0. The van der Waals surface area contributed by atoms with Gasteiger partial charge in [0.05, 0.1) is 17.9 Å². The molecule has 0 unspecified atom stereocenters. The van der Waals surface area contributed by atoms with Crippen LogP contribution in [0.4, 0.5) is 0 Å². The molecule has 1 aromatic heterocycles. The summed E-state index contributed by atoms with van der Waals surface area (Å²) in [5.41, 5.74) is 7.23. The zero-order chi connectivity index (χ0) is 7.56. The number of aryl methyl sites for hydroxylation is 2. The van der Waals surface area contributed by atoms with Crippen molar-refractivity contribution < 1.29 is 0 Å². The summed E-state index contributed by atoms with van der Waals surface area (Å²) in [4.78, 5) is 1.65. The summed E-state index contributed by atoms with van der Waals surface area (Å²) < 4.78 is 0. The van der Waals surface area contributed by atoms with E-state index < -0.39 is 0 Å². The Morgan fingerprint density at radius 3 is 2.36 bits per heavy atom. The highest BCUT2D eigenvalue weighted by Gasteiger charge is 2.01. The van der Waals surface area contributed by atoms with Crippen molar-refractivity contribution in [1.29, 1.82) is 0 Å². The predicted octanol–water partition coefficient (Wildman–Crippen LogP) is 0.487. The summed E-state index contributed by atoms with van der Waals surface area (Å²) >= 11 is 0. The number of rotatable bonds is 2. The quantitative estimate of drug-likeness (QED) is 0.714. The summed E-state index contributed by atoms with van der Waals surface area (Å²) in [7, 11) is 0. The van der Waals surface area contributed by atoms with E-state index in [0.717, 1.165) is 17.9 Å². The lowest BCUT2D eigenvalue weighted by molar-refractivity contribution is 0.561. The lowest BCUT2D eigenvalue weighted by Gasteiger charge is -1.87. The molecule has 1 aromatic rings. The van der Waals surface area contributed by atoms with Crippen LogP contribution < -0.4 is 5.73 Å². The molecule has 0 spiro atoms. The van der Waals surface area contributed by atoms with Gasteiger partial charge in [0.15, 0.2) is 0 Å². The van der Waals surface area contributed by atoms with Crippen LogP contribution in [0.1, 0.15) is 18.3 Å². The molecule has 1 heterocycles. The first-order chi connectivity index (χ1) is 4.77. The third-order valence-corrected chi connectivity index (χ3v) is 1.40. The molecule has 0 atom stereocenters. The van der Waals surface area contributed by atoms with Crippen LogP contribution in [-0.4, -0.2) is 15.0 Å². The van der Waals surface area contributed by atoms with Crippen molar-refractivity contribution in [1.82, 2.24) is 15.0 Å². The number of nitrogens with two attached hydrogens (primary N) is 1. The first-order valence-electron chi connectivity index (χ1n) is 3.38. The highest BCUT2D eigenvalue weighted by molar-refractivity contribution is 5.85. The lowest BCUT2D eigenvalue weighted by atomic mass is 10.4. The van der Waals surface area contributed by atoms with Crippen molar-refractivity contribution in [2.75, 3.05) is 0 Å². The number of aromatic nitrogens is 3. The molecule has 0 amide bonds. The average Bonchev–Trinajstić information content (AvgIpc) is 2.30. The van der Waals surface area contributed by atoms with E-state index in [2.05, 4.69) is 10.2 Å². The van der Waals surface area contributed by atoms with Gasteiger partial charge < -0.3 is 5.73 Å². The fraction of sp³-hybridized carbons (Fsp3) is 0.667. The van der Waals surface area contributed by atoms with Gasteiger partial charge in [-0.2, -0.15) is 15.0 Å². The standard InChI is InChI=1S/C6H12N4.ClH/c1-3-10-8-5(2)6(4-7)9-10;/h3-4,7H2,1-2H3;1H. The van der Waals surface area contributed by atoms with Crippen LogP contribution in [0.3, 0.4) is 0 Å². The van der Waals surface area contributed by atoms with Gasteiger partial charge in [-0.1, -0.05) is 0 Å². The number of hydrogen-bond donors (Lipinski definition) is 1.